The zero-order valence-corrected chi connectivity index (χ0v) is 21.3. The molecule has 0 spiro atoms. The van der Waals surface area contributed by atoms with E-state index in [1.165, 1.54) is 20.3 Å². The molecule has 0 fully saturated rings. The molecule has 0 saturated heterocycles. The van der Waals surface area contributed by atoms with Crippen molar-refractivity contribution in [3.8, 4) is 28.5 Å². The van der Waals surface area contributed by atoms with Gasteiger partial charge in [0.1, 0.15) is 29.5 Å². The molecule has 0 saturated carbocycles. The molecule has 3 rings (SSSR count). The van der Waals surface area contributed by atoms with Gasteiger partial charge < -0.3 is 24.4 Å². The highest BCUT2D eigenvalue weighted by Crippen LogP contribution is 2.35. The summed E-state index contributed by atoms with van der Waals surface area (Å²) < 4.78 is 30.1. The Morgan fingerprint density at radius 2 is 1.77 bits per heavy atom. The lowest BCUT2D eigenvalue weighted by atomic mass is 9.92. The molecule has 3 aromatic rings. The molecule has 1 aromatic heterocycles. The standard InChI is InChI=1S/C26H27BrFNO6/c1-26(32,11-10-20(31)16-5-7-21(35-13-12-30)23(15-16)34-3)24-9-8-22(33-2)25(29-24)17-4-6-19(28)18(27)14-17/h4-9,14-15,30,32H,10-13H2,1-3H3. The van der Waals surface area contributed by atoms with Crippen LogP contribution in [0.5, 0.6) is 17.2 Å². The average Bonchev–Trinajstić information content (AvgIpc) is 2.87. The van der Waals surface area contributed by atoms with Crippen LogP contribution in [0.4, 0.5) is 4.39 Å². The summed E-state index contributed by atoms with van der Waals surface area (Å²) in [6.07, 6.45) is 0.168. The van der Waals surface area contributed by atoms with Crippen LogP contribution in [0.15, 0.2) is 53.0 Å². The van der Waals surface area contributed by atoms with Crippen molar-refractivity contribution in [2.75, 3.05) is 27.4 Å². The molecule has 1 unspecified atom stereocenters. The second-order valence-corrected chi connectivity index (χ2v) is 8.87. The van der Waals surface area contributed by atoms with Gasteiger partial charge in [-0.2, -0.15) is 0 Å². The lowest BCUT2D eigenvalue weighted by Gasteiger charge is -2.24. The number of nitrogens with zero attached hydrogens (tertiary/aromatic N) is 1. The van der Waals surface area contributed by atoms with Gasteiger partial charge in [-0.3, -0.25) is 4.79 Å². The van der Waals surface area contributed by atoms with Crippen LogP contribution in [-0.2, 0) is 5.60 Å². The minimum absolute atomic E-state index is 0.0537. The maximum absolute atomic E-state index is 13.7. The molecule has 1 atom stereocenters. The smallest absolute Gasteiger partial charge is 0.163 e. The normalized spacial score (nSPS) is 12.7. The third-order valence-electron chi connectivity index (χ3n) is 5.50. The van der Waals surface area contributed by atoms with E-state index in [0.29, 0.717) is 39.8 Å². The first-order chi connectivity index (χ1) is 16.7. The number of carbonyl (C=O) groups excluding carboxylic acids is 1. The summed E-state index contributed by atoms with van der Waals surface area (Å²) in [7, 11) is 2.97. The number of hydrogen-bond donors (Lipinski definition) is 2. The molecule has 1 heterocycles. The highest BCUT2D eigenvalue weighted by molar-refractivity contribution is 9.10. The Balaban J connectivity index is 1.80. The average molecular weight is 548 g/mol. The number of methoxy groups -OCH3 is 2. The lowest BCUT2D eigenvalue weighted by Crippen LogP contribution is -2.24. The van der Waals surface area contributed by atoms with Crippen molar-refractivity contribution in [3.63, 3.8) is 0 Å². The van der Waals surface area contributed by atoms with Gasteiger partial charge in [0.25, 0.3) is 0 Å². The summed E-state index contributed by atoms with van der Waals surface area (Å²) in [5.41, 5.74) is 0.405. The highest BCUT2D eigenvalue weighted by atomic mass is 79.9. The van der Waals surface area contributed by atoms with E-state index in [9.17, 15) is 14.3 Å². The van der Waals surface area contributed by atoms with E-state index >= 15 is 0 Å². The molecular formula is C26H27BrFNO6. The highest BCUT2D eigenvalue weighted by Gasteiger charge is 2.28. The van der Waals surface area contributed by atoms with Crippen molar-refractivity contribution in [3.05, 3.63) is 70.1 Å². The van der Waals surface area contributed by atoms with Crippen LogP contribution >= 0.6 is 15.9 Å². The van der Waals surface area contributed by atoms with Crippen LogP contribution in [0.3, 0.4) is 0 Å². The molecule has 0 bridgehead atoms. The number of aliphatic hydroxyl groups is 2. The topological polar surface area (TPSA) is 98.1 Å². The second kappa shape index (κ2) is 11.6. The maximum Gasteiger partial charge on any atom is 0.163 e. The van der Waals surface area contributed by atoms with E-state index < -0.39 is 11.4 Å². The summed E-state index contributed by atoms with van der Waals surface area (Å²) >= 11 is 3.18. The van der Waals surface area contributed by atoms with E-state index in [-0.39, 0.29) is 36.3 Å². The number of ether oxygens (including phenoxy) is 3. The maximum atomic E-state index is 13.7. The summed E-state index contributed by atoms with van der Waals surface area (Å²) in [4.78, 5) is 17.4. The molecule has 186 valence electrons. The van der Waals surface area contributed by atoms with Crippen LogP contribution in [0.25, 0.3) is 11.3 Å². The fourth-order valence-corrected chi connectivity index (χ4v) is 3.89. The Kier molecular flexibility index (Phi) is 8.82. The minimum atomic E-state index is -1.41. The molecule has 2 aromatic carbocycles. The van der Waals surface area contributed by atoms with Crippen molar-refractivity contribution >= 4 is 21.7 Å². The number of ketones is 1. The predicted octanol–water partition coefficient (Wildman–Crippen LogP) is 4.91. The molecule has 2 N–H and O–H groups in total. The molecule has 0 aliphatic heterocycles. The van der Waals surface area contributed by atoms with Crippen LogP contribution < -0.4 is 14.2 Å². The number of pyridine rings is 1. The third kappa shape index (κ3) is 6.36. The van der Waals surface area contributed by atoms with Gasteiger partial charge in [-0.1, -0.05) is 0 Å². The largest absolute Gasteiger partial charge is 0.494 e. The Morgan fingerprint density at radius 3 is 2.43 bits per heavy atom. The zero-order chi connectivity index (χ0) is 25.6. The van der Waals surface area contributed by atoms with Crippen molar-refractivity contribution in [2.24, 2.45) is 0 Å². The van der Waals surface area contributed by atoms with Gasteiger partial charge in [0.15, 0.2) is 17.3 Å². The number of carbonyl (C=O) groups is 1. The van der Waals surface area contributed by atoms with Crippen molar-refractivity contribution < 1.29 is 33.6 Å². The first-order valence-electron chi connectivity index (χ1n) is 10.9. The second-order valence-electron chi connectivity index (χ2n) is 8.01. The number of aliphatic hydroxyl groups excluding tert-OH is 1. The van der Waals surface area contributed by atoms with Gasteiger partial charge in [0.05, 0.1) is 31.0 Å². The van der Waals surface area contributed by atoms with Gasteiger partial charge >= 0.3 is 0 Å². The van der Waals surface area contributed by atoms with Crippen LogP contribution in [0, 0.1) is 5.82 Å². The van der Waals surface area contributed by atoms with E-state index in [4.69, 9.17) is 19.3 Å². The van der Waals surface area contributed by atoms with Crippen LogP contribution in [0.1, 0.15) is 35.8 Å². The summed E-state index contributed by atoms with van der Waals surface area (Å²) in [6, 6.07) is 12.6. The Labute approximate surface area is 211 Å². The number of benzene rings is 2. The Morgan fingerprint density at radius 1 is 1.06 bits per heavy atom. The number of hydrogen-bond acceptors (Lipinski definition) is 7. The van der Waals surface area contributed by atoms with Crippen LogP contribution in [0.2, 0.25) is 0 Å². The zero-order valence-electron chi connectivity index (χ0n) is 19.7. The van der Waals surface area contributed by atoms with Gasteiger partial charge in [-0.05, 0) is 77.8 Å². The first-order valence-corrected chi connectivity index (χ1v) is 11.7. The number of rotatable bonds is 11. The molecule has 35 heavy (non-hydrogen) atoms. The third-order valence-corrected chi connectivity index (χ3v) is 6.10. The fourth-order valence-electron chi connectivity index (χ4n) is 3.51. The van der Waals surface area contributed by atoms with Gasteiger partial charge in [0.2, 0.25) is 0 Å². The molecule has 7 nitrogen and oxygen atoms in total. The Hall–Kier alpha value is -3.01. The SMILES string of the molecule is COc1cc(C(=O)CCC(C)(O)c2ccc(OC)c(-c3ccc(F)c(Br)c3)n2)ccc1OCCO. The summed E-state index contributed by atoms with van der Waals surface area (Å²) in [5.74, 6) is 0.678. The molecule has 0 aliphatic rings. The van der Waals surface area contributed by atoms with E-state index in [1.807, 2.05) is 0 Å². The van der Waals surface area contributed by atoms with E-state index in [0.717, 1.165) is 0 Å². The molecule has 9 heteroatoms. The van der Waals surface area contributed by atoms with E-state index in [2.05, 4.69) is 20.9 Å². The van der Waals surface area contributed by atoms with E-state index in [1.54, 1.807) is 49.4 Å². The fraction of sp³-hybridized carbons (Fsp3) is 0.308. The molecule has 0 radical (unpaired) electrons. The molecule has 0 aliphatic carbocycles. The molecule has 0 amide bonds. The Bertz CT molecular complexity index is 1200. The predicted molar refractivity (Wildman–Crippen MR) is 133 cm³/mol. The van der Waals surface area contributed by atoms with Crippen molar-refractivity contribution in [2.45, 2.75) is 25.4 Å². The van der Waals surface area contributed by atoms with Crippen LogP contribution in [-0.4, -0.2) is 48.4 Å². The van der Waals surface area contributed by atoms with Gasteiger partial charge in [0, 0.05) is 17.5 Å². The summed E-state index contributed by atoms with van der Waals surface area (Å²) in [5, 5.41) is 20.1. The number of Topliss-reactive ketones (excluding diaryl/α,β-unsaturated/α-hetero) is 1. The number of halogens is 2. The van der Waals surface area contributed by atoms with Gasteiger partial charge in [-0.25, -0.2) is 9.37 Å². The molecular weight excluding hydrogens is 521 g/mol. The lowest BCUT2D eigenvalue weighted by molar-refractivity contribution is 0.0397. The quantitative estimate of drug-likeness (QED) is 0.329. The first kappa shape index (κ1) is 26.6. The summed E-state index contributed by atoms with van der Waals surface area (Å²) in [6.45, 7) is 1.56. The number of aromatic nitrogens is 1. The van der Waals surface area contributed by atoms with Crippen molar-refractivity contribution in [1.29, 1.82) is 0 Å². The van der Waals surface area contributed by atoms with Crippen molar-refractivity contribution in [1.82, 2.24) is 4.98 Å². The monoisotopic (exact) mass is 547 g/mol. The van der Waals surface area contributed by atoms with Gasteiger partial charge in [-0.15, -0.1) is 0 Å². The minimum Gasteiger partial charge on any atom is -0.494 e.